The van der Waals surface area contributed by atoms with Gasteiger partial charge in [0.25, 0.3) is 0 Å². The highest BCUT2D eigenvalue weighted by atomic mass is 16.5. The zero-order valence-electron chi connectivity index (χ0n) is 10.9. The zero-order valence-corrected chi connectivity index (χ0v) is 10.9. The van der Waals surface area contributed by atoms with E-state index in [0.717, 1.165) is 11.1 Å². The highest BCUT2D eigenvalue weighted by Gasteiger charge is 2.07. The Morgan fingerprint density at radius 1 is 1.24 bits per heavy atom. The predicted molar refractivity (Wildman–Crippen MR) is 68.7 cm³/mol. The molecule has 0 amide bonds. The van der Waals surface area contributed by atoms with E-state index in [-0.39, 0.29) is 0 Å². The van der Waals surface area contributed by atoms with Crippen LogP contribution in [0.15, 0.2) is 29.8 Å². The fourth-order valence-corrected chi connectivity index (χ4v) is 1.69. The van der Waals surface area contributed by atoms with Gasteiger partial charge in [0.2, 0.25) is 0 Å². The highest BCUT2D eigenvalue weighted by Crippen LogP contribution is 2.28. The number of hydrogen-bond acceptors (Lipinski definition) is 3. The monoisotopic (exact) mass is 236 g/mol. The molecule has 0 aromatic heterocycles. The Hall–Kier alpha value is -1.48. The number of hydrogen-bond donors (Lipinski definition) is 1. The first kappa shape index (κ1) is 13.6. The van der Waals surface area contributed by atoms with Crippen LogP contribution in [0.3, 0.4) is 0 Å². The number of ether oxygens (including phenoxy) is 2. The topological polar surface area (TPSA) is 38.7 Å². The molecule has 1 aromatic carbocycles. The summed E-state index contributed by atoms with van der Waals surface area (Å²) < 4.78 is 10.4. The van der Waals surface area contributed by atoms with Crippen molar-refractivity contribution in [2.24, 2.45) is 0 Å². The molecule has 0 radical (unpaired) electrons. The van der Waals surface area contributed by atoms with Crippen molar-refractivity contribution >= 4 is 0 Å². The summed E-state index contributed by atoms with van der Waals surface area (Å²) in [6.45, 7) is 3.94. The van der Waals surface area contributed by atoms with Crippen LogP contribution < -0.4 is 9.47 Å². The van der Waals surface area contributed by atoms with Crippen LogP contribution in [0.2, 0.25) is 0 Å². The van der Waals surface area contributed by atoms with Crippen LogP contribution >= 0.6 is 0 Å². The van der Waals surface area contributed by atoms with Crippen LogP contribution in [0.4, 0.5) is 0 Å². The molecule has 3 nitrogen and oxygen atoms in total. The first-order valence-electron chi connectivity index (χ1n) is 5.60. The van der Waals surface area contributed by atoms with Crippen molar-refractivity contribution in [3.63, 3.8) is 0 Å². The number of rotatable bonds is 5. The third kappa shape index (κ3) is 4.11. The summed E-state index contributed by atoms with van der Waals surface area (Å²) >= 11 is 0. The van der Waals surface area contributed by atoms with Crippen LogP contribution in [0.5, 0.6) is 11.5 Å². The van der Waals surface area contributed by atoms with Gasteiger partial charge in [0.1, 0.15) is 0 Å². The first-order chi connectivity index (χ1) is 8.06. The number of aliphatic hydroxyl groups is 1. The molecular weight excluding hydrogens is 216 g/mol. The van der Waals surface area contributed by atoms with E-state index in [4.69, 9.17) is 9.47 Å². The van der Waals surface area contributed by atoms with E-state index in [9.17, 15) is 5.11 Å². The third-order valence-corrected chi connectivity index (χ3v) is 2.42. The summed E-state index contributed by atoms with van der Waals surface area (Å²) in [6, 6.07) is 5.67. The molecule has 0 heterocycles. The lowest BCUT2D eigenvalue weighted by atomic mass is 10.1. The Morgan fingerprint density at radius 3 is 2.41 bits per heavy atom. The van der Waals surface area contributed by atoms with Gasteiger partial charge in [-0.3, -0.25) is 0 Å². The van der Waals surface area contributed by atoms with Gasteiger partial charge in [-0.25, -0.2) is 0 Å². The van der Waals surface area contributed by atoms with Crippen molar-refractivity contribution < 1.29 is 14.6 Å². The molecule has 0 aliphatic heterocycles. The van der Waals surface area contributed by atoms with Gasteiger partial charge in [0.15, 0.2) is 11.5 Å². The first-order valence-corrected chi connectivity index (χ1v) is 5.60. The van der Waals surface area contributed by atoms with Crippen LogP contribution in [-0.4, -0.2) is 25.4 Å². The minimum absolute atomic E-state index is 0.460. The Morgan fingerprint density at radius 2 is 1.88 bits per heavy atom. The van der Waals surface area contributed by atoms with Crippen molar-refractivity contribution in [3.05, 3.63) is 35.4 Å². The van der Waals surface area contributed by atoms with Gasteiger partial charge < -0.3 is 14.6 Å². The fourth-order valence-electron chi connectivity index (χ4n) is 1.69. The summed E-state index contributed by atoms with van der Waals surface area (Å²) in [5, 5.41) is 9.81. The van der Waals surface area contributed by atoms with Gasteiger partial charge in [0, 0.05) is 6.42 Å². The Labute approximate surface area is 103 Å². The molecule has 1 rings (SSSR count). The molecule has 94 valence electrons. The standard InChI is InChI=1S/C14H20O3/c1-10(2)7-12(15)8-11-5-6-13(16-3)14(9-11)17-4/h5-7,9,12,15H,8H2,1-4H3. The van der Waals surface area contributed by atoms with E-state index in [1.165, 1.54) is 0 Å². The summed E-state index contributed by atoms with van der Waals surface area (Å²) in [5.41, 5.74) is 2.13. The molecule has 0 aliphatic carbocycles. The van der Waals surface area contributed by atoms with Gasteiger partial charge >= 0.3 is 0 Å². The molecule has 0 fully saturated rings. The molecule has 1 atom stereocenters. The maximum Gasteiger partial charge on any atom is 0.160 e. The van der Waals surface area contributed by atoms with E-state index in [1.807, 2.05) is 38.1 Å². The molecule has 0 saturated carbocycles. The van der Waals surface area contributed by atoms with Crippen molar-refractivity contribution in [1.29, 1.82) is 0 Å². The van der Waals surface area contributed by atoms with E-state index in [1.54, 1.807) is 14.2 Å². The SMILES string of the molecule is COc1ccc(CC(O)C=C(C)C)cc1OC. The van der Waals surface area contributed by atoms with Crippen LogP contribution in [0.1, 0.15) is 19.4 Å². The predicted octanol–water partition coefficient (Wildman–Crippen LogP) is 2.57. The largest absolute Gasteiger partial charge is 0.493 e. The van der Waals surface area contributed by atoms with E-state index >= 15 is 0 Å². The summed E-state index contributed by atoms with van der Waals surface area (Å²) in [7, 11) is 3.21. The molecule has 17 heavy (non-hydrogen) atoms. The minimum atomic E-state index is -0.460. The molecule has 1 N–H and O–H groups in total. The van der Waals surface area contributed by atoms with E-state index in [0.29, 0.717) is 17.9 Å². The van der Waals surface area contributed by atoms with Gasteiger partial charge in [0.05, 0.1) is 20.3 Å². The maximum atomic E-state index is 9.81. The summed E-state index contributed by atoms with van der Waals surface area (Å²) in [4.78, 5) is 0. The van der Waals surface area contributed by atoms with Crippen LogP contribution in [-0.2, 0) is 6.42 Å². The number of methoxy groups -OCH3 is 2. The normalized spacial score (nSPS) is 11.8. The molecular formula is C14H20O3. The average Bonchev–Trinajstić information content (AvgIpc) is 2.27. The van der Waals surface area contributed by atoms with Crippen molar-refractivity contribution in [2.45, 2.75) is 26.4 Å². The lowest BCUT2D eigenvalue weighted by molar-refractivity contribution is 0.223. The molecule has 1 aromatic rings. The van der Waals surface area contributed by atoms with Crippen LogP contribution in [0.25, 0.3) is 0 Å². The number of allylic oxidation sites excluding steroid dienone is 1. The average molecular weight is 236 g/mol. The van der Waals surface area contributed by atoms with Gasteiger partial charge in [-0.15, -0.1) is 0 Å². The second-order valence-corrected chi connectivity index (χ2v) is 4.20. The Balaban J connectivity index is 2.82. The van der Waals surface area contributed by atoms with Crippen molar-refractivity contribution in [3.8, 4) is 11.5 Å². The highest BCUT2D eigenvalue weighted by molar-refractivity contribution is 5.43. The smallest absolute Gasteiger partial charge is 0.160 e. The molecule has 3 heteroatoms. The fraction of sp³-hybridized carbons (Fsp3) is 0.429. The van der Waals surface area contributed by atoms with Gasteiger partial charge in [-0.05, 0) is 31.5 Å². The molecule has 1 unspecified atom stereocenters. The third-order valence-electron chi connectivity index (χ3n) is 2.42. The van der Waals surface area contributed by atoms with Crippen LogP contribution in [0, 0.1) is 0 Å². The second-order valence-electron chi connectivity index (χ2n) is 4.20. The molecule has 0 aliphatic rings. The Kier molecular flexibility index (Phi) is 5.04. The van der Waals surface area contributed by atoms with E-state index < -0.39 is 6.10 Å². The Bertz CT molecular complexity index is 392. The van der Waals surface area contributed by atoms with Crippen molar-refractivity contribution in [1.82, 2.24) is 0 Å². The number of aliphatic hydroxyl groups excluding tert-OH is 1. The lowest BCUT2D eigenvalue weighted by Crippen LogP contribution is -2.07. The molecule has 0 saturated heterocycles. The van der Waals surface area contributed by atoms with E-state index in [2.05, 4.69) is 0 Å². The molecule has 0 spiro atoms. The van der Waals surface area contributed by atoms with Gasteiger partial charge in [-0.1, -0.05) is 17.7 Å². The quantitative estimate of drug-likeness (QED) is 0.799. The zero-order chi connectivity index (χ0) is 12.8. The van der Waals surface area contributed by atoms with Gasteiger partial charge in [-0.2, -0.15) is 0 Å². The maximum absolute atomic E-state index is 9.81. The summed E-state index contributed by atoms with van der Waals surface area (Å²) in [6.07, 6.45) is 1.96. The lowest BCUT2D eigenvalue weighted by Gasteiger charge is -2.11. The minimum Gasteiger partial charge on any atom is -0.493 e. The number of benzene rings is 1. The second kappa shape index (κ2) is 6.30. The summed E-state index contributed by atoms with van der Waals surface area (Å²) in [5.74, 6) is 1.39. The molecule has 0 bridgehead atoms. The van der Waals surface area contributed by atoms with Crippen molar-refractivity contribution in [2.75, 3.05) is 14.2 Å².